The van der Waals surface area contributed by atoms with Gasteiger partial charge in [0.1, 0.15) is 23.1 Å². The molecular formula is C19H18F2N4. The van der Waals surface area contributed by atoms with Gasteiger partial charge in [-0.3, -0.25) is 0 Å². The smallest absolute Gasteiger partial charge is 0.224 e. The summed E-state index contributed by atoms with van der Waals surface area (Å²) in [6.07, 6.45) is 3.41. The van der Waals surface area contributed by atoms with E-state index in [2.05, 4.69) is 32.7 Å². The van der Waals surface area contributed by atoms with Crippen LogP contribution in [-0.2, 0) is 6.42 Å². The van der Waals surface area contributed by atoms with Crippen molar-refractivity contribution in [2.24, 2.45) is 0 Å². The molecule has 0 aliphatic carbocycles. The molecule has 0 aliphatic rings. The SMILES string of the molecule is Fc1cccc(F)c1Nc1ccnc(NCCCc2ccccc2)n1. The summed E-state index contributed by atoms with van der Waals surface area (Å²) in [7, 11) is 0. The molecule has 3 aromatic rings. The van der Waals surface area contributed by atoms with Crippen LogP contribution in [0, 0.1) is 11.6 Å². The lowest BCUT2D eigenvalue weighted by molar-refractivity contribution is 0.590. The standard InChI is InChI=1S/C19H18F2N4/c20-15-9-4-10-16(21)18(15)24-17-11-13-23-19(25-17)22-12-5-8-14-6-2-1-3-7-14/h1-4,6-7,9-11,13H,5,8,12H2,(H2,22,23,24,25). The number of nitrogens with one attached hydrogen (secondary N) is 2. The molecule has 0 saturated carbocycles. The molecule has 0 bridgehead atoms. The fraction of sp³-hybridized carbons (Fsp3) is 0.158. The van der Waals surface area contributed by atoms with Gasteiger partial charge in [0.25, 0.3) is 0 Å². The number of hydrogen-bond acceptors (Lipinski definition) is 4. The Labute approximate surface area is 145 Å². The lowest BCUT2D eigenvalue weighted by Crippen LogP contribution is -2.08. The second kappa shape index (κ2) is 8.19. The summed E-state index contributed by atoms with van der Waals surface area (Å²) in [4.78, 5) is 8.35. The Balaban J connectivity index is 1.56. The Bertz CT molecular complexity index is 804. The van der Waals surface area contributed by atoms with Gasteiger partial charge in [-0.2, -0.15) is 4.98 Å². The van der Waals surface area contributed by atoms with Gasteiger partial charge in [-0.05, 0) is 36.6 Å². The van der Waals surface area contributed by atoms with Crippen LogP contribution in [0.3, 0.4) is 0 Å². The normalized spacial score (nSPS) is 10.5. The highest BCUT2D eigenvalue weighted by molar-refractivity contribution is 5.58. The summed E-state index contributed by atoms with van der Waals surface area (Å²) in [6.45, 7) is 0.701. The maximum atomic E-state index is 13.7. The summed E-state index contributed by atoms with van der Waals surface area (Å²) in [5, 5.41) is 5.78. The lowest BCUT2D eigenvalue weighted by Gasteiger charge is -2.09. The topological polar surface area (TPSA) is 49.8 Å². The number of hydrogen-bond donors (Lipinski definition) is 2. The Morgan fingerprint density at radius 1 is 0.880 bits per heavy atom. The van der Waals surface area contributed by atoms with Crippen molar-refractivity contribution in [1.29, 1.82) is 0 Å². The van der Waals surface area contributed by atoms with E-state index in [0.29, 0.717) is 18.3 Å². The van der Waals surface area contributed by atoms with Gasteiger partial charge in [0.05, 0.1) is 0 Å². The molecule has 0 unspecified atom stereocenters. The molecule has 0 radical (unpaired) electrons. The third-order valence-electron chi connectivity index (χ3n) is 3.64. The van der Waals surface area contributed by atoms with Gasteiger partial charge in [-0.25, -0.2) is 13.8 Å². The van der Waals surface area contributed by atoms with E-state index < -0.39 is 11.6 Å². The van der Waals surface area contributed by atoms with Crippen LogP contribution in [0.5, 0.6) is 0 Å². The van der Waals surface area contributed by atoms with Crippen molar-refractivity contribution in [3.8, 4) is 0 Å². The average Bonchev–Trinajstić information content (AvgIpc) is 2.63. The first-order valence-corrected chi connectivity index (χ1v) is 8.04. The number of aryl methyl sites for hydroxylation is 1. The summed E-state index contributed by atoms with van der Waals surface area (Å²) in [5.74, 6) is -0.605. The third-order valence-corrected chi connectivity index (χ3v) is 3.64. The molecule has 0 saturated heterocycles. The van der Waals surface area contributed by atoms with Crippen molar-refractivity contribution in [3.63, 3.8) is 0 Å². The molecule has 4 nitrogen and oxygen atoms in total. The molecule has 25 heavy (non-hydrogen) atoms. The van der Waals surface area contributed by atoms with Crippen LogP contribution in [0.15, 0.2) is 60.8 Å². The fourth-order valence-electron chi connectivity index (χ4n) is 2.40. The van der Waals surface area contributed by atoms with Gasteiger partial charge in [-0.1, -0.05) is 36.4 Å². The first kappa shape index (κ1) is 16.8. The number of anilines is 3. The van der Waals surface area contributed by atoms with Gasteiger partial charge in [-0.15, -0.1) is 0 Å². The monoisotopic (exact) mass is 340 g/mol. The quantitative estimate of drug-likeness (QED) is 0.620. The van der Waals surface area contributed by atoms with Crippen LogP contribution in [-0.4, -0.2) is 16.5 Å². The van der Waals surface area contributed by atoms with Crippen molar-refractivity contribution in [1.82, 2.24) is 9.97 Å². The van der Waals surface area contributed by atoms with E-state index in [-0.39, 0.29) is 5.69 Å². The van der Waals surface area contributed by atoms with Crippen molar-refractivity contribution in [2.75, 3.05) is 17.2 Å². The Morgan fingerprint density at radius 2 is 1.64 bits per heavy atom. The molecule has 0 fully saturated rings. The maximum absolute atomic E-state index is 13.7. The van der Waals surface area contributed by atoms with Gasteiger partial charge < -0.3 is 10.6 Å². The lowest BCUT2D eigenvalue weighted by atomic mass is 10.1. The predicted molar refractivity (Wildman–Crippen MR) is 94.9 cm³/mol. The Hall–Kier alpha value is -3.02. The van der Waals surface area contributed by atoms with E-state index in [9.17, 15) is 8.78 Å². The van der Waals surface area contributed by atoms with Crippen molar-refractivity contribution in [2.45, 2.75) is 12.8 Å². The van der Waals surface area contributed by atoms with Gasteiger partial charge in [0.2, 0.25) is 5.95 Å². The van der Waals surface area contributed by atoms with Crippen LogP contribution in [0.2, 0.25) is 0 Å². The number of rotatable bonds is 7. The molecule has 6 heteroatoms. The Kier molecular flexibility index (Phi) is 5.51. The number of halogens is 2. The van der Waals surface area contributed by atoms with Crippen molar-refractivity contribution in [3.05, 3.63) is 78.0 Å². The average molecular weight is 340 g/mol. The molecule has 1 aromatic heterocycles. The van der Waals surface area contributed by atoms with E-state index in [1.54, 1.807) is 6.07 Å². The molecule has 1 heterocycles. The van der Waals surface area contributed by atoms with E-state index in [4.69, 9.17) is 0 Å². The fourth-order valence-corrected chi connectivity index (χ4v) is 2.40. The van der Waals surface area contributed by atoms with E-state index in [1.165, 1.54) is 30.0 Å². The van der Waals surface area contributed by atoms with Gasteiger partial charge in [0.15, 0.2) is 0 Å². The molecule has 0 amide bonds. The number of aromatic nitrogens is 2. The molecule has 2 N–H and O–H groups in total. The summed E-state index contributed by atoms with van der Waals surface area (Å²) >= 11 is 0. The molecule has 0 atom stereocenters. The van der Waals surface area contributed by atoms with E-state index in [1.807, 2.05) is 18.2 Å². The number of para-hydroxylation sites is 1. The van der Waals surface area contributed by atoms with Crippen molar-refractivity contribution < 1.29 is 8.78 Å². The third kappa shape index (κ3) is 4.73. The highest BCUT2D eigenvalue weighted by atomic mass is 19.1. The molecule has 3 rings (SSSR count). The number of benzene rings is 2. The largest absolute Gasteiger partial charge is 0.354 e. The molecule has 0 spiro atoms. The minimum Gasteiger partial charge on any atom is -0.354 e. The second-order valence-corrected chi connectivity index (χ2v) is 5.50. The zero-order chi connectivity index (χ0) is 17.5. The number of nitrogens with zero attached hydrogens (tertiary/aromatic N) is 2. The second-order valence-electron chi connectivity index (χ2n) is 5.50. The molecule has 128 valence electrons. The van der Waals surface area contributed by atoms with Gasteiger partial charge >= 0.3 is 0 Å². The summed E-state index contributed by atoms with van der Waals surface area (Å²) in [5.41, 5.74) is 1.05. The van der Waals surface area contributed by atoms with Crippen LogP contribution < -0.4 is 10.6 Å². The zero-order valence-electron chi connectivity index (χ0n) is 13.5. The maximum Gasteiger partial charge on any atom is 0.224 e. The van der Waals surface area contributed by atoms with Crippen LogP contribution >= 0.6 is 0 Å². The minimum absolute atomic E-state index is 0.226. The van der Waals surface area contributed by atoms with E-state index in [0.717, 1.165) is 12.8 Å². The highest BCUT2D eigenvalue weighted by Crippen LogP contribution is 2.22. The minimum atomic E-state index is -0.670. The van der Waals surface area contributed by atoms with Crippen LogP contribution in [0.4, 0.5) is 26.2 Å². The Morgan fingerprint density at radius 3 is 2.40 bits per heavy atom. The molecular weight excluding hydrogens is 322 g/mol. The molecule has 2 aromatic carbocycles. The zero-order valence-corrected chi connectivity index (χ0v) is 13.5. The van der Waals surface area contributed by atoms with Gasteiger partial charge in [0, 0.05) is 12.7 Å². The first-order chi connectivity index (χ1) is 12.2. The van der Waals surface area contributed by atoms with Crippen LogP contribution in [0.25, 0.3) is 0 Å². The summed E-state index contributed by atoms with van der Waals surface area (Å²) < 4.78 is 27.4. The predicted octanol–water partition coefficient (Wildman–Crippen LogP) is 4.54. The van der Waals surface area contributed by atoms with Crippen LogP contribution in [0.1, 0.15) is 12.0 Å². The summed E-state index contributed by atoms with van der Waals surface area (Å²) in [6, 6.07) is 15.5. The first-order valence-electron chi connectivity index (χ1n) is 8.04. The highest BCUT2D eigenvalue weighted by Gasteiger charge is 2.09. The molecule has 0 aliphatic heterocycles. The van der Waals surface area contributed by atoms with Crippen molar-refractivity contribution >= 4 is 17.5 Å². The van der Waals surface area contributed by atoms with E-state index >= 15 is 0 Å².